The van der Waals surface area contributed by atoms with E-state index in [9.17, 15) is 0 Å². The summed E-state index contributed by atoms with van der Waals surface area (Å²) in [5, 5.41) is 3.86. The third-order valence-corrected chi connectivity index (χ3v) is 4.18. The first-order valence-corrected chi connectivity index (χ1v) is 7.67. The Labute approximate surface area is 117 Å². The molecule has 0 aromatic heterocycles. The summed E-state index contributed by atoms with van der Waals surface area (Å²) in [5.41, 5.74) is 1.42. The molecule has 2 nitrogen and oxygen atoms in total. The van der Waals surface area contributed by atoms with Crippen LogP contribution < -0.4 is 5.32 Å². The molecule has 1 N–H and O–H groups in total. The second-order valence-electron chi connectivity index (χ2n) is 5.64. The highest BCUT2D eigenvalue weighted by Gasteiger charge is 2.24. The van der Waals surface area contributed by atoms with Gasteiger partial charge in [-0.1, -0.05) is 43.7 Å². The van der Waals surface area contributed by atoms with E-state index in [4.69, 9.17) is 4.74 Å². The van der Waals surface area contributed by atoms with Gasteiger partial charge in [-0.05, 0) is 37.7 Å². The summed E-state index contributed by atoms with van der Waals surface area (Å²) in [6.07, 6.45) is 7.81. The van der Waals surface area contributed by atoms with Crippen molar-refractivity contribution in [2.75, 3.05) is 7.11 Å². The first kappa shape index (κ1) is 14.5. The molecule has 0 aliphatic heterocycles. The number of ether oxygens (including phenoxy) is 1. The van der Waals surface area contributed by atoms with Crippen molar-refractivity contribution in [1.29, 1.82) is 0 Å². The van der Waals surface area contributed by atoms with Gasteiger partial charge in [-0.3, -0.25) is 0 Å². The number of rotatable bonds is 6. The summed E-state index contributed by atoms with van der Waals surface area (Å²) in [7, 11) is 1.84. The average molecular weight is 261 g/mol. The van der Waals surface area contributed by atoms with Crippen LogP contribution in [-0.4, -0.2) is 19.3 Å². The van der Waals surface area contributed by atoms with Crippen LogP contribution in [0.25, 0.3) is 0 Å². The third kappa shape index (κ3) is 4.32. The van der Waals surface area contributed by atoms with E-state index in [1.165, 1.54) is 37.7 Å². The minimum atomic E-state index is 0.448. The molecule has 0 spiro atoms. The van der Waals surface area contributed by atoms with Crippen LogP contribution in [0.3, 0.4) is 0 Å². The molecule has 1 aliphatic rings. The molecule has 0 amide bonds. The summed E-state index contributed by atoms with van der Waals surface area (Å²) < 4.78 is 5.53. The fourth-order valence-electron chi connectivity index (χ4n) is 3.12. The van der Waals surface area contributed by atoms with E-state index in [0.29, 0.717) is 18.2 Å². The van der Waals surface area contributed by atoms with Gasteiger partial charge in [0.25, 0.3) is 0 Å². The van der Waals surface area contributed by atoms with Crippen LogP contribution >= 0.6 is 0 Å². The highest BCUT2D eigenvalue weighted by Crippen LogP contribution is 2.25. The van der Waals surface area contributed by atoms with Gasteiger partial charge in [0.2, 0.25) is 0 Å². The van der Waals surface area contributed by atoms with E-state index in [-0.39, 0.29) is 0 Å². The number of methoxy groups -OCH3 is 1. The summed E-state index contributed by atoms with van der Waals surface area (Å²) in [6.45, 7) is 2.26. The topological polar surface area (TPSA) is 21.3 Å². The van der Waals surface area contributed by atoms with Gasteiger partial charge >= 0.3 is 0 Å². The second-order valence-corrected chi connectivity index (χ2v) is 5.64. The van der Waals surface area contributed by atoms with E-state index >= 15 is 0 Å². The molecule has 1 fully saturated rings. The molecule has 1 aromatic rings. The van der Waals surface area contributed by atoms with E-state index in [1.807, 2.05) is 7.11 Å². The van der Waals surface area contributed by atoms with Gasteiger partial charge in [0.05, 0.1) is 6.10 Å². The Kier molecular flexibility index (Phi) is 5.87. The minimum Gasteiger partial charge on any atom is -0.381 e. The molecule has 2 rings (SSSR count). The lowest BCUT2D eigenvalue weighted by molar-refractivity contribution is 0.0566. The zero-order valence-electron chi connectivity index (χ0n) is 12.3. The van der Waals surface area contributed by atoms with Crippen molar-refractivity contribution < 1.29 is 4.74 Å². The van der Waals surface area contributed by atoms with E-state index in [0.717, 1.165) is 6.42 Å². The molecule has 3 atom stereocenters. The predicted octanol–water partition coefficient (Wildman–Crippen LogP) is 4.08. The maximum atomic E-state index is 5.53. The predicted molar refractivity (Wildman–Crippen MR) is 80.3 cm³/mol. The van der Waals surface area contributed by atoms with E-state index in [1.54, 1.807) is 0 Å². The molecule has 19 heavy (non-hydrogen) atoms. The molecule has 3 unspecified atom stereocenters. The Morgan fingerprint density at radius 3 is 2.74 bits per heavy atom. The molecule has 1 aromatic carbocycles. The first-order valence-electron chi connectivity index (χ1n) is 7.67. The van der Waals surface area contributed by atoms with Crippen molar-refractivity contribution in [2.45, 2.75) is 63.6 Å². The van der Waals surface area contributed by atoms with Crippen molar-refractivity contribution in [1.82, 2.24) is 5.32 Å². The van der Waals surface area contributed by atoms with Crippen LogP contribution in [0.15, 0.2) is 30.3 Å². The van der Waals surface area contributed by atoms with Crippen LogP contribution in [0, 0.1) is 0 Å². The lowest BCUT2D eigenvalue weighted by Gasteiger charge is -2.32. The fourth-order valence-corrected chi connectivity index (χ4v) is 3.12. The average Bonchev–Trinajstić information content (AvgIpc) is 2.48. The number of hydrogen-bond acceptors (Lipinski definition) is 2. The first-order chi connectivity index (χ1) is 9.33. The normalized spacial score (nSPS) is 25.2. The zero-order valence-corrected chi connectivity index (χ0v) is 12.3. The Bertz CT molecular complexity index is 352. The Morgan fingerprint density at radius 2 is 2.05 bits per heavy atom. The molecule has 2 heteroatoms. The monoisotopic (exact) mass is 261 g/mol. The highest BCUT2D eigenvalue weighted by molar-refractivity contribution is 5.19. The van der Waals surface area contributed by atoms with Crippen molar-refractivity contribution in [3.63, 3.8) is 0 Å². The Morgan fingerprint density at radius 1 is 1.26 bits per heavy atom. The Balaban J connectivity index is 1.96. The molecule has 0 radical (unpaired) electrons. The summed E-state index contributed by atoms with van der Waals surface area (Å²) in [6, 6.07) is 11.9. The quantitative estimate of drug-likeness (QED) is 0.833. The van der Waals surface area contributed by atoms with E-state index < -0.39 is 0 Å². The standard InChI is InChI=1S/C17H27NO/c1-3-8-17(14-9-5-4-6-10-14)18-15-11-7-12-16(13-15)19-2/h4-6,9-10,15-18H,3,7-8,11-13H2,1-2H3. The van der Waals surface area contributed by atoms with Crippen LogP contribution in [-0.2, 0) is 4.74 Å². The molecular formula is C17H27NO. The number of benzene rings is 1. The number of nitrogens with one attached hydrogen (secondary N) is 1. The molecule has 0 heterocycles. The summed E-state index contributed by atoms with van der Waals surface area (Å²) in [4.78, 5) is 0. The van der Waals surface area contributed by atoms with Crippen LogP contribution in [0.5, 0.6) is 0 Å². The zero-order chi connectivity index (χ0) is 13.5. The maximum Gasteiger partial charge on any atom is 0.0586 e. The van der Waals surface area contributed by atoms with Crippen molar-refractivity contribution in [3.05, 3.63) is 35.9 Å². The van der Waals surface area contributed by atoms with Gasteiger partial charge in [0.15, 0.2) is 0 Å². The summed E-state index contributed by atoms with van der Waals surface area (Å²) >= 11 is 0. The molecule has 1 aliphatic carbocycles. The summed E-state index contributed by atoms with van der Waals surface area (Å²) in [5.74, 6) is 0. The van der Waals surface area contributed by atoms with Gasteiger partial charge in [0, 0.05) is 19.2 Å². The third-order valence-electron chi connectivity index (χ3n) is 4.18. The van der Waals surface area contributed by atoms with E-state index in [2.05, 4.69) is 42.6 Å². The Hall–Kier alpha value is -0.860. The van der Waals surface area contributed by atoms with Gasteiger partial charge in [0.1, 0.15) is 0 Å². The largest absolute Gasteiger partial charge is 0.381 e. The lowest BCUT2D eigenvalue weighted by Crippen LogP contribution is -2.38. The maximum absolute atomic E-state index is 5.53. The molecule has 1 saturated carbocycles. The number of hydrogen-bond donors (Lipinski definition) is 1. The fraction of sp³-hybridized carbons (Fsp3) is 0.647. The molecule has 0 bridgehead atoms. The molecule has 106 valence electrons. The van der Waals surface area contributed by atoms with Gasteiger partial charge in [-0.25, -0.2) is 0 Å². The highest BCUT2D eigenvalue weighted by atomic mass is 16.5. The van der Waals surface area contributed by atoms with Crippen LogP contribution in [0.4, 0.5) is 0 Å². The van der Waals surface area contributed by atoms with Crippen molar-refractivity contribution in [2.24, 2.45) is 0 Å². The van der Waals surface area contributed by atoms with Crippen molar-refractivity contribution >= 4 is 0 Å². The van der Waals surface area contributed by atoms with Gasteiger partial charge in [-0.15, -0.1) is 0 Å². The van der Waals surface area contributed by atoms with Crippen LogP contribution in [0.1, 0.15) is 57.1 Å². The lowest BCUT2D eigenvalue weighted by atomic mass is 9.91. The van der Waals surface area contributed by atoms with Gasteiger partial charge in [-0.2, -0.15) is 0 Å². The minimum absolute atomic E-state index is 0.448. The van der Waals surface area contributed by atoms with Gasteiger partial charge < -0.3 is 10.1 Å². The van der Waals surface area contributed by atoms with Crippen LogP contribution in [0.2, 0.25) is 0 Å². The molecular weight excluding hydrogens is 234 g/mol. The molecule has 0 saturated heterocycles. The smallest absolute Gasteiger partial charge is 0.0586 e. The van der Waals surface area contributed by atoms with Crippen molar-refractivity contribution in [3.8, 4) is 0 Å². The SMILES string of the molecule is CCCC(NC1CCCC(OC)C1)c1ccccc1. The second kappa shape index (κ2) is 7.66.